The van der Waals surface area contributed by atoms with Crippen LogP contribution in [0.3, 0.4) is 0 Å². The number of piperazine rings is 1. The number of anilines is 1. The molecule has 1 aliphatic rings. The van der Waals surface area contributed by atoms with E-state index in [0.717, 1.165) is 5.69 Å². The van der Waals surface area contributed by atoms with Crippen molar-refractivity contribution < 1.29 is 19.0 Å². The normalized spacial score (nSPS) is 16.0. The lowest BCUT2D eigenvalue weighted by molar-refractivity contribution is 0.0240. The van der Waals surface area contributed by atoms with E-state index in [9.17, 15) is 14.3 Å². The number of hydrogen-bond donors (Lipinski definition) is 1. The fourth-order valence-corrected chi connectivity index (χ4v) is 2.17. The van der Waals surface area contributed by atoms with Gasteiger partial charge in [-0.1, -0.05) is 0 Å². The van der Waals surface area contributed by atoms with Crippen LogP contribution in [0.4, 0.5) is 14.9 Å². The molecule has 2 rings (SSSR count). The number of ether oxygens (including phenoxy) is 1. The molecule has 0 aromatic heterocycles. The number of rotatable bonds is 1. The molecule has 0 saturated carbocycles. The van der Waals surface area contributed by atoms with Crippen LogP contribution >= 0.6 is 0 Å². The second kappa shape index (κ2) is 5.79. The quantitative estimate of drug-likeness (QED) is 0.865. The van der Waals surface area contributed by atoms with Gasteiger partial charge < -0.3 is 19.6 Å². The minimum absolute atomic E-state index is 0.316. The molecular formula is C15H21FN2O3. The summed E-state index contributed by atoms with van der Waals surface area (Å²) in [5.41, 5.74) is 0.245. The van der Waals surface area contributed by atoms with Gasteiger partial charge in [0, 0.05) is 37.9 Å². The highest BCUT2D eigenvalue weighted by Crippen LogP contribution is 2.24. The smallest absolute Gasteiger partial charge is 0.410 e. The van der Waals surface area contributed by atoms with Crippen molar-refractivity contribution >= 4 is 11.8 Å². The van der Waals surface area contributed by atoms with Crippen LogP contribution in [0, 0.1) is 5.82 Å². The first-order chi connectivity index (χ1) is 9.76. The Hall–Kier alpha value is -1.98. The lowest BCUT2D eigenvalue weighted by atomic mass is 10.2. The summed E-state index contributed by atoms with van der Waals surface area (Å²) >= 11 is 0. The van der Waals surface area contributed by atoms with Crippen LogP contribution in [0.25, 0.3) is 0 Å². The van der Waals surface area contributed by atoms with Crippen molar-refractivity contribution in [3.63, 3.8) is 0 Å². The third-order valence-corrected chi connectivity index (χ3v) is 3.23. The highest BCUT2D eigenvalue weighted by Gasteiger charge is 2.26. The third kappa shape index (κ3) is 4.00. The highest BCUT2D eigenvalue weighted by atomic mass is 19.1. The van der Waals surface area contributed by atoms with Crippen molar-refractivity contribution in [2.45, 2.75) is 26.4 Å². The first kappa shape index (κ1) is 15.4. The molecular weight excluding hydrogens is 275 g/mol. The van der Waals surface area contributed by atoms with Crippen LogP contribution in [-0.2, 0) is 4.74 Å². The number of benzene rings is 1. The molecule has 1 amide bonds. The third-order valence-electron chi connectivity index (χ3n) is 3.23. The first-order valence-electron chi connectivity index (χ1n) is 6.98. The predicted octanol–water partition coefficient (Wildman–Crippen LogP) is 2.59. The molecule has 1 N–H and O–H groups in total. The predicted molar refractivity (Wildman–Crippen MR) is 78.1 cm³/mol. The Balaban J connectivity index is 1.94. The number of phenols is 1. The maximum absolute atomic E-state index is 13.1. The minimum Gasteiger partial charge on any atom is -0.505 e. The molecule has 1 heterocycles. The number of halogens is 1. The molecule has 0 spiro atoms. The molecule has 0 atom stereocenters. The van der Waals surface area contributed by atoms with E-state index >= 15 is 0 Å². The maximum Gasteiger partial charge on any atom is 0.410 e. The second-order valence-electron chi connectivity index (χ2n) is 6.09. The number of aromatic hydroxyl groups is 1. The summed E-state index contributed by atoms with van der Waals surface area (Å²) in [6, 6.07) is 4.27. The Morgan fingerprint density at radius 3 is 2.38 bits per heavy atom. The molecule has 0 radical (unpaired) electrons. The van der Waals surface area contributed by atoms with Crippen molar-refractivity contribution in [2.75, 3.05) is 31.1 Å². The minimum atomic E-state index is -0.633. The molecule has 116 valence electrons. The van der Waals surface area contributed by atoms with E-state index in [0.29, 0.717) is 26.2 Å². The Kier molecular flexibility index (Phi) is 4.25. The van der Waals surface area contributed by atoms with Gasteiger partial charge in [-0.3, -0.25) is 0 Å². The van der Waals surface area contributed by atoms with Gasteiger partial charge in [0.25, 0.3) is 0 Å². The largest absolute Gasteiger partial charge is 0.505 e. The van der Waals surface area contributed by atoms with Gasteiger partial charge in [-0.15, -0.1) is 0 Å². The summed E-state index contributed by atoms with van der Waals surface area (Å²) in [6.07, 6.45) is -0.316. The molecule has 0 unspecified atom stereocenters. The molecule has 0 aliphatic carbocycles. The highest BCUT2D eigenvalue weighted by molar-refractivity contribution is 5.68. The summed E-state index contributed by atoms with van der Waals surface area (Å²) in [6.45, 7) is 7.81. The van der Waals surface area contributed by atoms with Crippen molar-refractivity contribution in [1.82, 2.24) is 4.90 Å². The summed E-state index contributed by atoms with van der Waals surface area (Å²) in [5.74, 6) is -0.992. The molecule has 0 bridgehead atoms. The van der Waals surface area contributed by atoms with E-state index in [1.807, 2.05) is 25.7 Å². The monoisotopic (exact) mass is 296 g/mol. The van der Waals surface area contributed by atoms with Gasteiger partial charge in [0.15, 0.2) is 11.6 Å². The van der Waals surface area contributed by atoms with Gasteiger partial charge in [-0.05, 0) is 32.9 Å². The zero-order valence-electron chi connectivity index (χ0n) is 12.6. The molecule has 21 heavy (non-hydrogen) atoms. The number of carbonyl (C=O) groups excluding carboxylic acids is 1. The van der Waals surface area contributed by atoms with Crippen LogP contribution in [0.1, 0.15) is 20.8 Å². The summed E-state index contributed by atoms with van der Waals surface area (Å²) < 4.78 is 18.4. The van der Waals surface area contributed by atoms with Crippen LogP contribution in [0.2, 0.25) is 0 Å². The standard InChI is InChI=1S/C15H21FN2O3/c1-15(2,3)21-14(20)18-8-6-17(7-9-18)11-4-5-12(16)13(19)10-11/h4-5,10,19H,6-9H2,1-3H3. The first-order valence-corrected chi connectivity index (χ1v) is 6.98. The number of nitrogens with zero attached hydrogens (tertiary/aromatic N) is 2. The van der Waals surface area contributed by atoms with E-state index in [4.69, 9.17) is 4.74 Å². The van der Waals surface area contributed by atoms with Gasteiger partial charge >= 0.3 is 6.09 Å². The molecule has 1 fully saturated rings. The number of carbonyl (C=O) groups is 1. The van der Waals surface area contributed by atoms with E-state index < -0.39 is 11.4 Å². The SMILES string of the molecule is CC(C)(C)OC(=O)N1CCN(c2ccc(F)c(O)c2)CC1. The Labute approximate surface area is 123 Å². The fraction of sp³-hybridized carbons (Fsp3) is 0.533. The topological polar surface area (TPSA) is 53.0 Å². The van der Waals surface area contributed by atoms with Gasteiger partial charge in [-0.2, -0.15) is 0 Å². The summed E-state index contributed by atoms with van der Waals surface area (Å²) in [5, 5.41) is 9.41. The molecule has 1 aliphatic heterocycles. The molecule has 5 nitrogen and oxygen atoms in total. The zero-order chi connectivity index (χ0) is 15.6. The van der Waals surface area contributed by atoms with Crippen LogP contribution in [0.15, 0.2) is 18.2 Å². The Bertz CT molecular complexity index is 520. The van der Waals surface area contributed by atoms with Gasteiger partial charge in [0.05, 0.1) is 0 Å². The Morgan fingerprint density at radius 2 is 1.86 bits per heavy atom. The number of hydrogen-bond acceptors (Lipinski definition) is 4. The van der Waals surface area contributed by atoms with Crippen LogP contribution < -0.4 is 4.90 Å². The number of phenolic OH excluding ortho intramolecular Hbond substituents is 1. The molecule has 1 saturated heterocycles. The zero-order valence-corrected chi connectivity index (χ0v) is 12.6. The van der Waals surface area contributed by atoms with Crippen molar-refractivity contribution in [3.05, 3.63) is 24.0 Å². The van der Waals surface area contributed by atoms with Gasteiger partial charge in [0.1, 0.15) is 5.60 Å². The molecule has 1 aromatic rings. The summed E-state index contributed by atoms with van der Waals surface area (Å²) in [4.78, 5) is 15.6. The average Bonchev–Trinajstić information content (AvgIpc) is 2.40. The van der Waals surface area contributed by atoms with Gasteiger partial charge in [-0.25, -0.2) is 9.18 Å². The second-order valence-corrected chi connectivity index (χ2v) is 6.09. The fourth-order valence-electron chi connectivity index (χ4n) is 2.17. The molecule has 1 aromatic carbocycles. The maximum atomic E-state index is 13.1. The van der Waals surface area contributed by atoms with Crippen molar-refractivity contribution in [2.24, 2.45) is 0 Å². The van der Waals surface area contributed by atoms with E-state index in [1.165, 1.54) is 12.1 Å². The average molecular weight is 296 g/mol. The number of amides is 1. The van der Waals surface area contributed by atoms with E-state index in [2.05, 4.69) is 0 Å². The lowest BCUT2D eigenvalue weighted by Crippen LogP contribution is -2.50. The van der Waals surface area contributed by atoms with Crippen LogP contribution in [-0.4, -0.2) is 47.9 Å². The van der Waals surface area contributed by atoms with E-state index in [1.54, 1.807) is 11.0 Å². The van der Waals surface area contributed by atoms with Gasteiger partial charge in [0.2, 0.25) is 0 Å². The Morgan fingerprint density at radius 1 is 1.24 bits per heavy atom. The van der Waals surface area contributed by atoms with E-state index in [-0.39, 0.29) is 11.8 Å². The van der Waals surface area contributed by atoms with Crippen molar-refractivity contribution in [1.29, 1.82) is 0 Å². The lowest BCUT2D eigenvalue weighted by Gasteiger charge is -2.36. The van der Waals surface area contributed by atoms with Crippen molar-refractivity contribution in [3.8, 4) is 5.75 Å². The molecule has 6 heteroatoms. The summed E-state index contributed by atoms with van der Waals surface area (Å²) in [7, 11) is 0. The van der Waals surface area contributed by atoms with Crippen LogP contribution in [0.5, 0.6) is 5.75 Å².